The van der Waals surface area contributed by atoms with E-state index in [-0.39, 0.29) is 5.41 Å². The largest absolute Gasteiger partial charge is 0.479 e. The summed E-state index contributed by atoms with van der Waals surface area (Å²) in [5.41, 5.74) is -0.0379. The summed E-state index contributed by atoms with van der Waals surface area (Å²) in [5, 5.41) is 4.56. The van der Waals surface area contributed by atoms with Crippen molar-refractivity contribution in [2.45, 2.75) is 19.3 Å². The summed E-state index contributed by atoms with van der Waals surface area (Å²) in [6.45, 7) is 4.14. The van der Waals surface area contributed by atoms with Gasteiger partial charge in [0.2, 0.25) is 0 Å². The van der Waals surface area contributed by atoms with Crippen LogP contribution in [0.5, 0.6) is 5.88 Å². The van der Waals surface area contributed by atoms with Crippen molar-refractivity contribution >= 4 is 15.9 Å². The minimum Gasteiger partial charge on any atom is -0.479 e. The van der Waals surface area contributed by atoms with E-state index in [9.17, 15) is 0 Å². The van der Waals surface area contributed by atoms with Gasteiger partial charge in [-0.15, -0.1) is 0 Å². The molecule has 0 unspecified atom stereocenters. The number of ether oxygens (including phenoxy) is 1. The molecule has 0 spiro atoms. The van der Waals surface area contributed by atoms with Crippen molar-refractivity contribution in [3.8, 4) is 5.88 Å². The molecule has 0 amide bonds. The van der Waals surface area contributed by atoms with E-state index in [0.717, 1.165) is 11.1 Å². The number of hydrogen-bond donors (Lipinski definition) is 0. The lowest BCUT2D eigenvalue weighted by atomic mass is 9.93. The summed E-state index contributed by atoms with van der Waals surface area (Å²) in [7, 11) is 1.57. The van der Waals surface area contributed by atoms with Crippen LogP contribution in [0.3, 0.4) is 0 Å². The van der Waals surface area contributed by atoms with Crippen molar-refractivity contribution in [2.75, 3.05) is 12.4 Å². The van der Waals surface area contributed by atoms with E-state index in [4.69, 9.17) is 9.26 Å². The molecule has 0 saturated heterocycles. The number of methoxy groups -OCH3 is 1. The minimum absolute atomic E-state index is 0.0379. The highest BCUT2D eigenvalue weighted by Gasteiger charge is 2.24. The number of rotatable bonds is 3. The van der Waals surface area contributed by atoms with Crippen molar-refractivity contribution in [1.82, 2.24) is 5.16 Å². The second kappa shape index (κ2) is 3.47. The van der Waals surface area contributed by atoms with Gasteiger partial charge in [-0.2, -0.15) is 0 Å². The first-order chi connectivity index (χ1) is 5.60. The molecular formula is C8H12BrNO2. The lowest BCUT2D eigenvalue weighted by molar-refractivity contribution is 0.303. The number of hydrogen-bond acceptors (Lipinski definition) is 3. The van der Waals surface area contributed by atoms with Gasteiger partial charge in [-0.3, -0.25) is 0 Å². The molecule has 0 aliphatic rings. The number of alkyl halides is 1. The number of halogens is 1. The monoisotopic (exact) mass is 233 g/mol. The van der Waals surface area contributed by atoms with Gasteiger partial charge in [0.25, 0.3) is 5.88 Å². The maximum atomic E-state index is 5.11. The predicted molar refractivity (Wildman–Crippen MR) is 49.9 cm³/mol. The van der Waals surface area contributed by atoms with Crippen molar-refractivity contribution in [3.05, 3.63) is 11.8 Å². The molecule has 0 aliphatic carbocycles. The Morgan fingerprint density at radius 1 is 1.67 bits per heavy atom. The van der Waals surface area contributed by atoms with Crippen molar-refractivity contribution < 1.29 is 9.26 Å². The quantitative estimate of drug-likeness (QED) is 0.753. The van der Waals surface area contributed by atoms with E-state index in [1.807, 2.05) is 0 Å². The fourth-order valence-electron chi connectivity index (χ4n) is 0.740. The summed E-state index contributed by atoms with van der Waals surface area (Å²) in [4.78, 5) is 0. The van der Waals surface area contributed by atoms with Gasteiger partial charge in [0.15, 0.2) is 0 Å². The Kier molecular flexibility index (Phi) is 2.77. The van der Waals surface area contributed by atoms with Gasteiger partial charge in [-0.1, -0.05) is 29.8 Å². The fraction of sp³-hybridized carbons (Fsp3) is 0.625. The topological polar surface area (TPSA) is 35.3 Å². The van der Waals surface area contributed by atoms with Crippen molar-refractivity contribution in [1.29, 1.82) is 0 Å². The zero-order valence-electron chi connectivity index (χ0n) is 7.43. The van der Waals surface area contributed by atoms with Crippen LogP contribution >= 0.6 is 15.9 Å². The standard InChI is InChI=1S/C8H12BrNO2/c1-8(2,5-9)6-4-7(11-3)10-12-6/h4H,5H2,1-3H3. The molecule has 0 atom stereocenters. The summed E-state index contributed by atoms with van der Waals surface area (Å²) in [6, 6.07) is 1.81. The highest BCUT2D eigenvalue weighted by molar-refractivity contribution is 9.09. The first-order valence-corrected chi connectivity index (χ1v) is 4.79. The second-order valence-corrected chi connectivity index (χ2v) is 3.81. The molecular weight excluding hydrogens is 222 g/mol. The molecule has 1 heterocycles. The summed E-state index contributed by atoms with van der Waals surface area (Å²) < 4.78 is 10.0. The Bertz CT molecular complexity index is 257. The van der Waals surface area contributed by atoms with Crippen LogP contribution in [0.2, 0.25) is 0 Å². The maximum absolute atomic E-state index is 5.11. The van der Waals surface area contributed by atoms with Crippen LogP contribution < -0.4 is 4.74 Å². The Labute approximate surface area is 80.2 Å². The SMILES string of the molecule is COc1cc(C(C)(C)CBr)on1. The predicted octanol–water partition coefficient (Wildman–Crippen LogP) is 2.36. The van der Waals surface area contributed by atoms with Crippen LogP contribution in [-0.4, -0.2) is 17.6 Å². The van der Waals surface area contributed by atoms with E-state index in [2.05, 4.69) is 34.9 Å². The average molecular weight is 234 g/mol. The zero-order chi connectivity index (χ0) is 9.19. The number of nitrogens with zero attached hydrogens (tertiary/aromatic N) is 1. The smallest absolute Gasteiger partial charge is 0.254 e. The van der Waals surface area contributed by atoms with E-state index in [0.29, 0.717) is 5.88 Å². The zero-order valence-corrected chi connectivity index (χ0v) is 9.01. The number of aromatic nitrogens is 1. The van der Waals surface area contributed by atoms with Crippen LogP contribution in [0.4, 0.5) is 0 Å². The van der Waals surface area contributed by atoms with Crippen LogP contribution in [0.1, 0.15) is 19.6 Å². The summed E-state index contributed by atoms with van der Waals surface area (Å²) in [6.07, 6.45) is 0. The van der Waals surface area contributed by atoms with Crippen LogP contribution in [0.25, 0.3) is 0 Å². The van der Waals surface area contributed by atoms with Crippen LogP contribution in [-0.2, 0) is 5.41 Å². The molecule has 4 heteroatoms. The van der Waals surface area contributed by atoms with Crippen LogP contribution in [0.15, 0.2) is 10.6 Å². The molecule has 0 radical (unpaired) electrons. The third-order valence-corrected chi connectivity index (χ3v) is 3.10. The highest BCUT2D eigenvalue weighted by atomic mass is 79.9. The van der Waals surface area contributed by atoms with E-state index < -0.39 is 0 Å². The lowest BCUT2D eigenvalue weighted by Gasteiger charge is -2.16. The minimum atomic E-state index is -0.0379. The highest BCUT2D eigenvalue weighted by Crippen LogP contribution is 2.27. The van der Waals surface area contributed by atoms with Gasteiger partial charge in [-0.25, -0.2) is 0 Å². The first-order valence-electron chi connectivity index (χ1n) is 3.67. The molecule has 0 fully saturated rings. The van der Waals surface area contributed by atoms with Crippen molar-refractivity contribution in [2.24, 2.45) is 0 Å². The van der Waals surface area contributed by atoms with Gasteiger partial charge >= 0.3 is 0 Å². The Morgan fingerprint density at radius 2 is 2.33 bits per heavy atom. The van der Waals surface area contributed by atoms with Gasteiger partial charge in [0.1, 0.15) is 5.76 Å². The molecule has 0 saturated carbocycles. The molecule has 1 rings (SSSR count). The van der Waals surface area contributed by atoms with E-state index >= 15 is 0 Å². The molecule has 0 bridgehead atoms. The third-order valence-electron chi connectivity index (χ3n) is 1.70. The van der Waals surface area contributed by atoms with Gasteiger partial charge in [0, 0.05) is 16.8 Å². The molecule has 1 aromatic rings. The molecule has 12 heavy (non-hydrogen) atoms. The third kappa shape index (κ3) is 1.80. The molecule has 3 nitrogen and oxygen atoms in total. The fourth-order valence-corrected chi connectivity index (χ4v) is 1.02. The second-order valence-electron chi connectivity index (χ2n) is 3.25. The normalized spacial score (nSPS) is 11.7. The van der Waals surface area contributed by atoms with Gasteiger partial charge < -0.3 is 9.26 Å². The Balaban J connectivity index is 2.88. The molecule has 68 valence electrons. The maximum Gasteiger partial charge on any atom is 0.254 e. The average Bonchev–Trinajstić information content (AvgIpc) is 2.52. The summed E-state index contributed by atoms with van der Waals surface area (Å²) in [5.74, 6) is 1.36. The lowest BCUT2D eigenvalue weighted by Crippen LogP contribution is -2.17. The molecule has 1 aromatic heterocycles. The van der Waals surface area contributed by atoms with E-state index in [1.165, 1.54) is 0 Å². The van der Waals surface area contributed by atoms with E-state index in [1.54, 1.807) is 13.2 Å². The van der Waals surface area contributed by atoms with Gasteiger partial charge in [0.05, 0.1) is 7.11 Å². The van der Waals surface area contributed by atoms with Crippen molar-refractivity contribution in [3.63, 3.8) is 0 Å². The first kappa shape index (κ1) is 9.58. The molecule has 0 aromatic carbocycles. The Hall–Kier alpha value is -0.510. The van der Waals surface area contributed by atoms with Gasteiger partial charge in [-0.05, 0) is 5.16 Å². The Morgan fingerprint density at radius 3 is 2.75 bits per heavy atom. The molecule has 0 aliphatic heterocycles. The molecule has 0 N–H and O–H groups in total. The van der Waals surface area contributed by atoms with Crippen LogP contribution in [0, 0.1) is 0 Å². The summed E-state index contributed by atoms with van der Waals surface area (Å²) >= 11 is 3.41.